The van der Waals surface area contributed by atoms with Crippen LogP contribution in [0.15, 0.2) is 79.1 Å². The standard InChI is InChI=1S/C25H19N3O3/c1-24-17-9-5-6-10-18(17)25(27-23(24)31,15-11-13-26-14-12-15)20-19(24)21(29)28(22(20)30)16-7-3-2-4-8-16/h2-14,19-20H,1H3,(H,27,31). The van der Waals surface area contributed by atoms with Gasteiger partial charge in [-0.3, -0.25) is 19.4 Å². The Morgan fingerprint density at radius 1 is 0.806 bits per heavy atom. The first kappa shape index (κ1) is 18.0. The molecule has 4 heterocycles. The smallest absolute Gasteiger partial charge is 0.240 e. The summed E-state index contributed by atoms with van der Waals surface area (Å²) in [5.74, 6) is -2.40. The van der Waals surface area contributed by atoms with E-state index in [1.807, 2.05) is 42.5 Å². The third kappa shape index (κ3) is 1.97. The van der Waals surface area contributed by atoms with Crippen LogP contribution >= 0.6 is 0 Å². The van der Waals surface area contributed by atoms with Crippen molar-refractivity contribution in [1.82, 2.24) is 10.3 Å². The van der Waals surface area contributed by atoms with E-state index < -0.39 is 22.8 Å². The molecule has 2 bridgehead atoms. The number of carbonyl (C=O) groups is 3. The van der Waals surface area contributed by atoms with Gasteiger partial charge in [-0.25, -0.2) is 4.90 Å². The van der Waals surface area contributed by atoms with E-state index in [0.29, 0.717) is 5.69 Å². The van der Waals surface area contributed by atoms with E-state index in [9.17, 15) is 14.4 Å². The first-order valence-electron chi connectivity index (χ1n) is 10.3. The molecule has 152 valence electrons. The van der Waals surface area contributed by atoms with E-state index in [0.717, 1.165) is 16.7 Å². The lowest BCUT2D eigenvalue weighted by Crippen LogP contribution is -2.72. The van der Waals surface area contributed by atoms with Crippen LogP contribution in [0, 0.1) is 11.8 Å². The molecule has 1 aliphatic carbocycles. The maximum Gasteiger partial charge on any atom is 0.240 e. The molecule has 4 unspecified atom stereocenters. The molecule has 0 saturated carbocycles. The zero-order valence-electron chi connectivity index (χ0n) is 16.8. The number of para-hydroxylation sites is 1. The lowest BCUT2D eigenvalue weighted by Gasteiger charge is -2.57. The van der Waals surface area contributed by atoms with Crippen LogP contribution < -0.4 is 10.2 Å². The van der Waals surface area contributed by atoms with E-state index in [2.05, 4.69) is 10.3 Å². The molecule has 0 radical (unpaired) electrons. The molecule has 0 spiro atoms. The number of imide groups is 1. The highest BCUT2D eigenvalue weighted by molar-refractivity contribution is 6.25. The number of piperidine rings is 1. The van der Waals surface area contributed by atoms with Gasteiger partial charge in [0.15, 0.2) is 0 Å². The Balaban J connectivity index is 1.68. The minimum atomic E-state index is -1.13. The molecular weight excluding hydrogens is 390 g/mol. The molecule has 2 fully saturated rings. The van der Waals surface area contributed by atoms with Crippen LogP contribution in [0.1, 0.15) is 23.6 Å². The maximum atomic E-state index is 13.9. The second-order valence-electron chi connectivity index (χ2n) is 8.55. The van der Waals surface area contributed by atoms with Crippen LogP contribution in [-0.4, -0.2) is 22.7 Å². The van der Waals surface area contributed by atoms with E-state index in [1.165, 1.54) is 4.90 Å². The summed E-state index contributed by atoms with van der Waals surface area (Å²) in [6.45, 7) is 1.79. The van der Waals surface area contributed by atoms with E-state index in [4.69, 9.17) is 0 Å². The first-order chi connectivity index (χ1) is 15.0. The zero-order chi connectivity index (χ0) is 21.4. The normalized spacial score (nSPS) is 30.7. The average Bonchev–Trinajstić information content (AvgIpc) is 3.09. The quantitative estimate of drug-likeness (QED) is 0.660. The Morgan fingerprint density at radius 2 is 1.42 bits per heavy atom. The molecule has 3 amide bonds. The molecule has 2 saturated heterocycles. The second-order valence-corrected chi connectivity index (χ2v) is 8.55. The zero-order valence-corrected chi connectivity index (χ0v) is 16.8. The summed E-state index contributed by atoms with van der Waals surface area (Å²) in [4.78, 5) is 46.6. The fourth-order valence-corrected chi connectivity index (χ4v) is 5.87. The molecule has 31 heavy (non-hydrogen) atoms. The van der Waals surface area contributed by atoms with Gasteiger partial charge in [0.25, 0.3) is 0 Å². The number of nitrogens with zero attached hydrogens (tertiary/aromatic N) is 2. The maximum absolute atomic E-state index is 13.9. The Bertz CT molecular complexity index is 1260. The lowest BCUT2D eigenvalue weighted by atomic mass is 9.49. The largest absolute Gasteiger partial charge is 0.341 e. The number of pyridine rings is 1. The summed E-state index contributed by atoms with van der Waals surface area (Å²) in [5, 5.41) is 3.17. The number of benzene rings is 2. The van der Waals surface area contributed by atoms with Crippen molar-refractivity contribution in [2.45, 2.75) is 17.9 Å². The third-order valence-electron chi connectivity index (χ3n) is 7.24. The Kier molecular flexibility index (Phi) is 3.41. The van der Waals surface area contributed by atoms with Gasteiger partial charge in [-0.2, -0.15) is 0 Å². The fraction of sp³-hybridized carbons (Fsp3) is 0.200. The molecule has 3 aromatic rings. The minimum absolute atomic E-state index is 0.236. The van der Waals surface area contributed by atoms with Crippen molar-refractivity contribution >= 4 is 23.4 Å². The Hall–Kier alpha value is -3.80. The van der Waals surface area contributed by atoms with Crippen LogP contribution in [0.2, 0.25) is 0 Å². The van der Waals surface area contributed by atoms with Gasteiger partial charge in [-0.05, 0) is 47.9 Å². The monoisotopic (exact) mass is 409 g/mol. The predicted molar refractivity (Wildman–Crippen MR) is 113 cm³/mol. The van der Waals surface area contributed by atoms with Crippen molar-refractivity contribution < 1.29 is 14.4 Å². The minimum Gasteiger partial charge on any atom is -0.341 e. The topological polar surface area (TPSA) is 79.4 Å². The van der Waals surface area contributed by atoms with Crippen LogP contribution in [-0.2, 0) is 25.3 Å². The Morgan fingerprint density at radius 3 is 2.13 bits per heavy atom. The molecule has 4 atom stereocenters. The van der Waals surface area contributed by atoms with Gasteiger partial charge in [-0.15, -0.1) is 0 Å². The molecule has 2 aromatic carbocycles. The highest BCUT2D eigenvalue weighted by Crippen LogP contribution is 2.61. The highest BCUT2D eigenvalue weighted by atomic mass is 16.2. The molecule has 6 nitrogen and oxygen atoms in total. The predicted octanol–water partition coefficient (Wildman–Crippen LogP) is 2.53. The summed E-state index contributed by atoms with van der Waals surface area (Å²) in [6.07, 6.45) is 3.29. The van der Waals surface area contributed by atoms with Crippen molar-refractivity contribution in [3.63, 3.8) is 0 Å². The first-order valence-corrected chi connectivity index (χ1v) is 10.3. The average molecular weight is 409 g/mol. The Labute approximate surface area is 178 Å². The molecule has 1 N–H and O–H groups in total. The molecule has 7 rings (SSSR count). The number of anilines is 1. The van der Waals surface area contributed by atoms with Gasteiger partial charge in [0.1, 0.15) is 5.54 Å². The van der Waals surface area contributed by atoms with Gasteiger partial charge in [0, 0.05) is 12.4 Å². The van der Waals surface area contributed by atoms with Crippen LogP contribution in [0.3, 0.4) is 0 Å². The summed E-state index contributed by atoms with van der Waals surface area (Å²) < 4.78 is 0. The number of rotatable bonds is 2. The van der Waals surface area contributed by atoms with Crippen LogP contribution in [0.4, 0.5) is 5.69 Å². The molecular formula is C25H19N3O3. The van der Waals surface area contributed by atoms with Crippen molar-refractivity contribution in [2.75, 3.05) is 4.90 Å². The van der Waals surface area contributed by atoms with E-state index in [1.54, 1.807) is 43.6 Å². The van der Waals surface area contributed by atoms with Crippen molar-refractivity contribution in [1.29, 1.82) is 0 Å². The van der Waals surface area contributed by atoms with Crippen molar-refractivity contribution in [3.05, 3.63) is 95.8 Å². The summed E-state index contributed by atoms with van der Waals surface area (Å²) in [7, 11) is 0. The number of nitrogens with one attached hydrogen (secondary N) is 1. The SMILES string of the molecule is CC12C(=O)NC(c3ccncc3)(c3ccccc31)C1C(=O)N(c3ccccc3)C(=O)C12. The molecule has 3 aliphatic heterocycles. The van der Waals surface area contributed by atoms with E-state index in [-0.39, 0.29) is 17.7 Å². The third-order valence-corrected chi connectivity index (χ3v) is 7.24. The number of hydrogen-bond acceptors (Lipinski definition) is 4. The summed E-state index contributed by atoms with van der Waals surface area (Å²) in [6, 6.07) is 20.2. The fourth-order valence-electron chi connectivity index (χ4n) is 5.87. The second kappa shape index (κ2) is 5.88. The number of carbonyl (C=O) groups excluding carboxylic acids is 3. The summed E-state index contributed by atoms with van der Waals surface area (Å²) >= 11 is 0. The van der Waals surface area contributed by atoms with Crippen molar-refractivity contribution in [3.8, 4) is 0 Å². The van der Waals surface area contributed by atoms with Crippen LogP contribution in [0.25, 0.3) is 0 Å². The molecule has 4 aliphatic rings. The highest BCUT2D eigenvalue weighted by Gasteiger charge is 2.74. The number of amides is 3. The van der Waals surface area contributed by atoms with Gasteiger partial charge in [-0.1, -0.05) is 42.5 Å². The van der Waals surface area contributed by atoms with Gasteiger partial charge < -0.3 is 5.32 Å². The number of aromatic nitrogens is 1. The summed E-state index contributed by atoms with van der Waals surface area (Å²) in [5.41, 5.74) is 0.669. The number of fused-ring (bicyclic) bond motifs is 1. The van der Waals surface area contributed by atoms with Crippen LogP contribution in [0.5, 0.6) is 0 Å². The van der Waals surface area contributed by atoms with Gasteiger partial charge in [0.05, 0.1) is 22.9 Å². The van der Waals surface area contributed by atoms with Gasteiger partial charge >= 0.3 is 0 Å². The molecule has 6 heteroatoms. The number of hydrogen-bond donors (Lipinski definition) is 1. The van der Waals surface area contributed by atoms with Gasteiger partial charge in [0.2, 0.25) is 17.7 Å². The van der Waals surface area contributed by atoms with Crippen molar-refractivity contribution in [2.24, 2.45) is 11.8 Å². The molecule has 1 aromatic heterocycles. The van der Waals surface area contributed by atoms with E-state index >= 15 is 0 Å². The lowest BCUT2D eigenvalue weighted by molar-refractivity contribution is -0.147.